The lowest BCUT2D eigenvalue weighted by atomic mass is 9.98. The normalized spacial score (nSPS) is 12.0. The first-order valence-corrected chi connectivity index (χ1v) is 12.6. The van der Waals surface area contributed by atoms with Gasteiger partial charge in [-0.05, 0) is 66.3 Å². The molecule has 0 saturated heterocycles. The van der Waals surface area contributed by atoms with Crippen molar-refractivity contribution >= 4 is 21.4 Å². The summed E-state index contributed by atoms with van der Waals surface area (Å²) in [6.45, 7) is 0.613. The number of halogens is 3. The van der Waals surface area contributed by atoms with Gasteiger partial charge in [-0.3, -0.25) is 4.98 Å². The highest BCUT2D eigenvalue weighted by atomic mass is 32.2. The molecule has 36 heavy (non-hydrogen) atoms. The molecule has 0 atom stereocenters. The van der Waals surface area contributed by atoms with Crippen molar-refractivity contribution in [3.05, 3.63) is 96.0 Å². The minimum atomic E-state index is -4.43. The lowest BCUT2D eigenvalue weighted by Gasteiger charge is -2.14. The third kappa shape index (κ3) is 7.65. The Hall–Kier alpha value is -3.70. The molecule has 1 aromatic heterocycles. The zero-order valence-electron chi connectivity index (χ0n) is 19.4. The van der Waals surface area contributed by atoms with Crippen molar-refractivity contribution in [3.8, 4) is 11.1 Å². The smallest absolute Gasteiger partial charge is 0.387 e. The zero-order chi connectivity index (χ0) is 26.2. The number of hydrogen-bond acceptors (Lipinski definition) is 6. The fourth-order valence-corrected chi connectivity index (χ4v) is 3.86. The van der Waals surface area contributed by atoms with E-state index in [0.29, 0.717) is 28.9 Å². The zero-order valence-corrected chi connectivity index (χ0v) is 20.2. The molecule has 0 amide bonds. The van der Waals surface area contributed by atoms with Gasteiger partial charge in [-0.1, -0.05) is 24.3 Å². The van der Waals surface area contributed by atoms with E-state index in [9.17, 15) is 21.6 Å². The molecule has 0 radical (unpaired) electrons. The van der Waals surface area contributed by atoms with E-state index in [0.717, 1.165) is 17.7 Å². The molecule has 7 nitrogen and oxygen atoms in total. The van der Waals surface area contributed by atoms with Gasteiger partial charge < -0.3 is 16.0 Å². The Morgan fingerprint density at radius 1 is 1.08 bits per heavy atom. The second-order valence-electron chi connectivity index (χ2n) is 7.77. The lowest BCUT2D eigenvalue weighted by Crippen LogP contribution is -2.26. The van der Waals surface area contributed by atoms with Crippen molar-refractivity contribution in [2.24, 2.45) is 0 Å². The van der Waals surface area contributed by atoms with Crippen molar-refractivity contribution in [1.82, 2.24) is 15.0 Å². The van der Waals surface area contributed by atoms with E-state index in [1.54, 1.807) is 42.9 Å². The molecule has 0 aliphatic heterocycles. The van der Waals surface area contributed by atoms with Crippen molar-refractivity contribution in [2.45, 2.75) is 12.7 Å². The Kier molecular flexibility index (Phi) is 8.83. The van der Waals surface area contributed by atoms with Gasteiger partial charge in [0.15, 0.2) is 0 Å². The van der Waals surface area contributed by atoms with Gasteiger partial charge in [-0.15, -0.1) is 0 Å². The quantitative estimate of drug-likeness (QED) is 0.282. The first kappa shape index (κ1) is 26.9. The maximum atomic E-state index is 12.9. The number of nitrogens with one attached hydrogen (secondary N) is 4. The number of allylic oxidation sites excluding steroid dienone is 1. The van der Waals surface area contributed by atoms with Crippen LogP contribution >= 0.6 is 0 Å². The van der Waals surface area contributed by atoms with Crippen LogP contribution in [0.2, 0.25) is 0 Å². The predicted octanol–water partition coefficient (Wildman–Crippen LogP) is 4.40. The molecule has 0 aliphatic carbocycles. The molecule has 3 rings (SSSR count). The number of aromatic nitrogens is 1. The summed E-state index contributed by atoms with van der Waals surface area (Å²) < 4.78 is 64.5. The summed E-state index contributed by atoms with van der Waals surface area (Å²) >= 11 is 0. The Morgan fingerprint density at radius 2 is 1.81 bits per heavy atom. The van der Waals surface area contributed by atoms with Crippen LogP contribution in [0.5, 0.6) is 0 Å². The molecular weight excluding hydrogens is 491 g/mol. The number of nitrogens with zero attached hydrogens (tertiary/aromatic N) is 1. The minimum Gasteiger partial charge on any atom is -0.387 e. The highest BCUT2D eigenvalue weighted by Gasteiger charge is 2.30. The molecule has 4 N–H and O–H groups in total. The summed E-state index contributed by atoms with van der Waals surface area (Å²) in [6.07, 6.45) is 2.14. The molecule has 2 aromatic carbocycles. The molecule has 3 aromatic rings. The van der Waals surface area contributed by atoms with E-state index in [4.69, 9.17) is 5.41 Å². The fourth-order valence-electron chi connectivity index (χ4n) is 3.29. The minimum absolute atomic E-state index is 0.103. The van der Waals surface area contributed by atoms with Gasteiger partial charge >= 0.3 is 6.18 Å². The van der Waals surface area contributed by atoms with Crippen LogP contribution in [-0.4, -0.2) is 38.5 Å². The number of alkyl halides is 3. The van der Waals surface area contributed by atoms with Gasteiger partial charge in [0.05, 0.1) is 17.0 Å². The van der Waals surface area contributed by atoms with Crippen LogP contribution in [0.3, 0.4) is 0 Å². The van der Waals surface area contributed by atoms with Crippen LogP contribution in [0.25, 0.3) is 11.1 Å². The Labute approximate surface area is 208 Å². The third-order valence-electron chi connectivity index (χ3n) is 5.25. The molecule has 0 saturated carbocycles. The van der Waals surface area contributed by atoms with Crippen molar-refractivity contribution in [1.29, 1.82) is 5.41 Å². The Morgan fingerprint density at radius 3 is 2.44 bits per heavy atom. The highest BCUT2D eigenvalue weighted by molar-refractivity contribution is 7.89. The van der Waals surface area contributed by atoms with Crippen LogP contribution in [-0.2, 0) is 22.7 Å². The predicted molar refractivity (Wildman–Crippen MR) is 135 cm³/mol. The number of hydrogen-bond donors (Lipinski definition) is 4. The second kappa shape index (κ2) is 11.8. The summed E-state index contributed by atoms with van der Waals surface area (Å²) in [7, 11) is -2.09. The Bertz CT molecular complexity index is 1310. The average molecular weight is 518 g/mol. The maximum absolute atomic E-state index is 12.9. The maximum Gasteiger partial charge on any atom is 0.416 e. The first-order chi connectivity index (χ1) is 17.1. The number of pyridine rings is 1. The molecule has 0 unspecified atom stereocenters. The van der Waals surface area contributed by atoms with Crippen molar-refractivity contribution < 1.29 is 21.6 Å². The number of anilines is 1. The molecule has 0 fully saturated rings. The van der Waals surface area contributed by atoms with E-state index >= 15 is 0 Å². The van der Waals surface area contributed by atoms with Crippen LogP contribution in [0.1, 0.15) is 16.7 Å². The second-order valence-corrected chi connectivity index (χ2v) is 9.82. The van der Waals surface area contributed by atoms with Gasteiger partial charge in [0.2, 0.25) is 10.0 Å². The largest absolute Gasteiger partial charge is 0.416 e. The highest BCUT2D eigenvalue weighted by Crippen LogP contribution is 2.32. The van der Waals surface area contributed by atoms with Crippen molar-refractivity contribution in [3.63, 3.8) is 0 Å². The van der Waals surface area contributed by atoms with Crippen LogP contribution in [0, 0.1) is 5.41 Å². The van der Waals surface area contributed by atoms with E-state index in [-0.39, 0.29) is 18.0 Å². The summed E-state index contributed by atoms with van der Waals surface area (Å²) in [6, 6.07) is 13.6. The lowest BCUT2D eigenvalue weighted by molar-refractivity contribution is -0.137. The van der Waals surface area contributed by atoms with Crippen LogP contribution in [0.15, 0.2) is 79.3 Å². The van der Waals surface area contributed by atoms with Gasteiger partial charge in [0, 0.05) is 36.7 Å². The number of rotatable bonds is 11. The van der Waals surface area contributed by atoms with E-state index in [1.165, 1.54) is 19.2 Å². The topological polar surface area (TPSA) is 107 Å². The summed E-state index contributed by atoms with van der Waals surface area (Å²) in [4.78, 5) is 4.04. The molecule has 1 heterocycles. The van der Waals surface area contributed by atoms with Gasteiger partial charge in [0.25, 0.3) is 0 Å². The molecule has 0 aliphatic rings. The first-order valence-electron chi connectivity index (χ1n) is 10.9. The number of sulfonamides is 1. The summed E-state index contributed by atoms with van der Waals surface area (Å²) in [5, 5.41) is 14.7. The average Bonchev–Trinajstić information content (AvgIpc) is 2.87. The summed E-state index contributed by atoms with van der Waals surface area (Å²) in [5.41, 5.74) is 2.51. The Balaban J connectivity index is 1.82. The molecular formula is C25H26F3N5O2S. The van der Waals surface area contributed by atoms with E-state index < -0.39 is 21.8 Å². The SMILES string of the molecule is CNS(=O)(=O)CCNc1ccc(-c2ccc(C(F)(F)F)cc2)cc1C(=N)/C=C\NCc1cccnc1. The fraction of sp³-hybridized carbons (Fsp3) is 0.200. The number of benzene rings is 2. The van der Waals surface area contributed by atoms with Gasteiger partial charge in [-0.2, -0.15) is 13.2 Å². The molecule has 190 valence electrons. The van der Waals surface area contributed by atoms with Gasteiger partial charge in [-0.25, -0.2) is 13.1 Å². The van der Waals surface area contributed by atoms with E-state index in [1.807, 2.05) is 12.1 Å². The standard InChI is InChI=1S/C25H26F3N5O2S/c1-30-36(34,35)14-13-33-24-9-6-20(19-4-7-21(8-5-19)25(26,27)28)15-22(24)23(29)10-12-32-17-18-3-2-11-31-16-18/h2-12,15-16,29-30,32-33H,13-14,17H2,1H3/b12-10-,29-23?. The molecule has 0 bridgehead atoms. The summed E-state index contributed by atoms with van der Waals surface area (Å²) in [5.74, 6) is -0.167. The van der Waals surface area contributed by atoms with Crippen LogP contribution < -0.4 is 15.4 Å². The van der Waals surface area contributed by atoms with Crippen molar-refractivity contribution in [2.75, 3.05) is 24.7 Å². The van der Waals surface area contributed by atoms with E-state index in [2.05, 4.69) is 20.3 Å². The third-order valence-corrected chi connectivity index (χ3v) is 6.61. The monoisotopic (exact) mass is 517 g/mol. The van der Waals surface area contributed by atoms with Gasteiger partial charge in [0.1, 0.15) is 0 Å². The molecule has 0 spiro atoms. The molecule has 11 heteroatoms. The van der Waals surface area contributed by atoms with Crippen LogP contribution in [0.4, 0.5) is 18.9 Å².